The molecule has 1 heterocycles. The minimum atomic E-state index is -0.264. The smallest absolute Gasteiger partial charge is 0.239 e. The highest BCUT2D eigenvalue weighted by Crippen LogP contribution is 2.02. The molecule has 1 amide bonds. The maximum absolute atomic E-state index is 10.5. The summed E-state index contributed by atoms with van der Waals surface area (Å²) in [6, 6.07) is -0.144. The third-order valence-corrected chi connectivity index (χ3v) is 1.38. The fraction of sp³-hybridized carbons (Fsp3) is 0.500. The maximum Gasteiger partial charge on any atom is 0.239 e. The van der Waals surface area contributed by atoms with Crippen LogP contribution in [-0.4, -0.2) is 11.9 Å². The SMILES string of the molecule is Cl.NC(=O)C1CCC=CN1. The second-order valence-electron chi connectivity index (χ2n) is 2.10. The van der Waals surface area contributed by atoms with Gasteiger partial charge in [-0.15, -0.1) is 12.4 Å². The Hall–Kier alpha value is -0.700. The van der Waals surface area contributed by atoms with Gasteiger partial charge in [-0.2, -0.15) is 0 Å². The largest absolute Gasteiger partial charge is 0.380 e. The van der Waals surface area contributed by atoms with Gasteiger partial charge in [-0.05, 0) is 19.0 Å². The molecule has 0 radical (unpaired) electrons. The van der Waals surface area contributed by atoms with Crippen LogP contribution in [0.1, 0.15) is 12.8 Å². The topological polar surface area (TPSA) is 55.1 Å². The molecule has 0 saturated carbocycles. The maximum atomic E-state index is 10.5. The quantitative estimate of drug-likeness (QED) is 0.577. The van der Waals surface area contributed by atoms with Gasteiger partial charge in [0.1, 0.15) is 6.04 Å². The lowest BCUT2D eigenvalue weighted by Crippen LogP contribution is -2.39. The molecule has 0 spiro atoms. The highest BCUT2D eigenvalue weighted by atomic mass is 35.5. The Labute approximate surface area is 66.1 Å². The molecule has 0 bridgehead atoms. The van der Waals surface area contributed by atoms with E-state index in [0.717, 1.165) is 12.8 Å². The normalized spacial score (nSPS) is 22.6. The van der Waals surface area contributed by atoms with Crippen molar-refractivity contribution in [2.75, 3.05) is 0 Å². The summed E-state index contributed by atoms with van der Waals surface area (Å²) in [5, 5.41) is 2.86. The Bertz CT molecular complexity index is 147. The van der Waals surface area contributed by atoms with Gasteiger partial charge in [0.05, 0.1) is 0 Å². The summed E-state index contributed by atoms with van der Waals surface area (Å²) < 4.78 is 0. The van der Waals surface area contributed by atoms with E-state index in [-0.39, 0.29) is 24.4 Å². The van der Waals surface area contributed by atoms with Crippen molar-refractivity contribution >= 4 is 18.3 Å². The van der Waals surface area contributed by atoms with Gasteiger partial charge in [-0.1, -0.05) is 6.08 Å². The van der Waals surface area contributed by atoms with Gasteiger partial charge in [0.25, 0.3) is 0 Å². The molecule has 0 fully saturated rings. The monoisotopic (exact) mass is 162 g/mol. The summed E-state index contributed by atoms with van der Waals surface area (Å²) in [5.41, 5.74) is 5.03. The molecule has 1 rings (SSSR count). The van der Waals surface area contributed by atoms with E-state index < -0.39 is 0 Å². The van der Waals surface area contributed by atoms with Gasteiger partial charge in [-0.25, -0.2) is 0 Å². The first kappa shape index (κ1) is 9.30. The molecule has 3 N–H and O–H groups in total. The number of carbonyl (C=O) groups excluding carboxylic acids is 1. The Kier molecular flexibility index (Phi) is 3.88. The third kappa shape index (κ3) is 2.27. The summed E-state index contributed by atoms with van der Waals surface area (Å²) >= 11 is 0. The molecule has 1 unspecified atom stereocenters. The first-order valence-electron chi connectivity index (χ1n) is 3.01. The fourth-order valence-electron chi connectivity index (χ4n) is 0.838. The van der Waals surface area contributed by atoms with Crippen molar-refractivity contribution in [2.45, 2.75) is 18.9 Å². The number of primary amides is 1. The molecule has 58 valence electrons. The van der Waals surface area contributed by atoms with Crippen LogP contribution in [0.4, 0.5) is 0 Å². The van der Waals surface area contributed by atoms with E-state index in [0.29, 0.717) is 0 Å². The van der Waals surface area contributed by atoms with Crippen molar-refractivity contribution in [1.82, 2.24) is 5.32 Å². The van der Waals surface area contributed by atoms with Gasteiger partial charge < -0.3 is 11.1 Å². The average molecular weight is 163 g/mol. The molecule has 0 aromatic heterocycles. The van der Waals surface area contributed by atoms with Crippen molar-refractivity contribution in [1.29, 1.82) is 0 Å². The molecule has 1 atom stereocenters. The van der Waals surface area contributed by atoms with E-state index in [9.17, 15) is 4.79 Å². The number of nitrogens with two attached hydrogens (primary N) is 1. The van der Waals surface area contributed by atoms with Crippen LogP contribution in [-0.2, 0) is 4.79 Å². The van der Waals surface area contributed by atoms with Gasteiger partial charge in [0, 0.05) is 0 Å². The summed E-state index contributed by atoms with van der Waals surface area (Å²) in [6.07, 6.45) is 5.53. The molecular formula is C6H11ClN2O. The molecule has 1 aliphatic heterocycles. The second-order valence-corrected chi connectivity index (χ2v) is 2.10. The lowest BCUT2D eigenvalue weighted by atomic mass is 10.1. The van der Waals surface area contributed by atoms with Crippen LogP contribution in [0, 0.1) is 0 Å². The summed E-state index contributed by atoms with van der Waals surface area (Å²) in [4.78, 5) is 10.5. The van der Waals surface area contributed by atoms with E-state index >= 15 is 0 Å². The number of nitrogens with one attached hydrogen (secondary N) is 1. The molecule has 3 nitrogen and oxygen atoms in total. The number of carbonyl (C=O) groups is 1. The summed E-state index contributed by atoms with van der Waals surface area (Å²) in [7, 11) is 0. The van der Waals surface area contributed by atoms with Gasteiger partial charge in [-0.3, -0.25) is 4.79 Å². The average Bonchev–Trinajstić information content (AvgIpc) is 1.90. The summed E-state index contributed by atoms with van der Waals surface area (Å²) in [5.74, 6) is -0.264. The van der Waals surface area contributed by atoms with Crippen molar-refractivity contribution in [3.63, 3.8) is 0 Å². The molecule has 1 aliphatic rings. The highest BCUT2D eigenvalue weighted by Gasteiger charge is 2.13. The molecule has 4 heteroatoms. The molecular weight excluding hydrogens is 152 g/mol. The zero-order valence-electron chi connectivity index (χ0n) is 5.54. The Morgan fingerprint density at radius 1 is 1.70 bits per heavy atom. The highest BCUT2D eigenvalue weighted by molar-refractivity contribution is 5.85. The fourth-order valence-corrected chi connectivity index (χ4v) is 0.838. The number of hydrogen-bond donors (Lipinski definition) is 2. The van der Waals surface area contributed by atoms with Crippen molar-refractivity contribution in [3.05, 3.63) is 12.3 Å². The number of hydrogen-bond acceptors (Lipinski definition) is 2. The van der Waals surface area contributed by atoms with E-state index in [4.69, 9.17) is 5.73 Å². The molecule has 0 aromatic rings. The van der Waals surface area contributed by atoms with Crippen LogP contribution < -0.4 is 11.1 Å². The van der Waals surface area contributed by atoms with Gasteiger partial charge >= 0.3 is 0 Å². The molecule has 0 aliphatic carbocycles. The van der Waals surface area contributed by atoms with Crippen LogP contribution in [0.5, 0.6) is 0 Å². The van der Waals surface area contributed by atoms with Crippen molar-refractivity contribution in [2.24, 2.45) is 5.73 Å². The lowest BCUT2D eigenvalue weighted by molar-refractivity contribution is -0.119. The Morgan fingerprint density at radius 2 is 2.40 bits per heavy atom. The molecule has 10 heavy (non-hydrogen) atoms. The van der Waals surface area contributed by atoms with Crippen LogP contribution >= 0.6 is 12.4 Å². The zero-order valence-corrected chi connectivity index (χ0v) is 6.36. The Morgan fingerprint density at radius 3 is 2.70 bits per heavy atom. The number of halogens is 1. The van der Waals surface area contributed by atoms with Crippen molar-refractivity contribution in [3.8, 4) is 0 Å². The van der Waals surface area contributed by atoms with Gasteiger partial charge in [0.15, 0.2) is 0 Å². The van der Waals surface area contributed by atoms with Crippen LogP contribution in [0.15, 0.2) is 12.3 Å². The van der Waals surface area contributed by atoms with E-state index in [2.05, 4.69) is 5.32 Å². The van der Waals surface area contributed by atoms with Crippen LogP contribution in [0.25, 0.3) is 0 Å². The second kappa shape index (κ2) is 4.17. The van der Waals surface area contributed by atoms with Crippen LogP contribution in [0.3, 0.4) is 0 Å². The number of amides is 1. The van der Waals surface area contributed by atoms with E-state index in [1.54, 1.807) is 6.20 Å². The third-order valence-electron chi connectivity index (χ3n) is 1.38. The Balaban J connectivity index is 0.000000810. The molecule has 0 aromatic carbocycles. The number of allylic oxidation sites excluding steroid dienone is 1. The van der Waals surface area contributed by atoms with E-state index in [1.165, 1.54) is 0 Å². The van der Waals surface area contributed by atoms with Crippen molar-refractivity contribution < 1.29 is 4.79 Å². The predicted octanol–water partition coefficient (Wildman–Crippen LogP) is 0.159. The first-order chi connectivity index (χ1) is 4.30. The molecule has 0 saturated heterocycles. The van der Waals surface area contributed by atoms with E-state index in [1.807, 2.05) is 6.08 Å². The lowest BCUT2D eigenvalue weighted by Gasteiger charge is -2.15. The van der Waals surface area contributed by atoms with Crippen LogP contribution in [0.2, 0.25) is 0 Å². The first-order valence-corrected chi connectivity index (χ1v) is 3.01. The number of rotatable bonds is 1. The predicted molar refractivity (Wildman–Crippen MR) is 41.7 cm³/mol. The minimum absolute atomic E-state index is 0. The standard InChI is InChI=1S/C6H10N2O.ClH/c7-6(9)5-3-1-2-4-8-5;/h2,4-5,8H,1,3H2,(H2,7,9);1H. The summed E-state index contributed by atoms with van der Waals surface area (Å²) in [6.45, 7) is 0. The minimum Gasteiger partial charge on any atom is -0.380 e. The van der Waals surface area contributed by atoms with Gasteiger partial charge in [0.2, 0.25) is 5.91 Å². The zero-order chi connectivity index (χ0) is 6.69.